The maximum absolute atomic E-state index is 11.8. The number of nitrogens with zero attached hydrogens (tertiary/aromatic N) is 2. The van der Waals surface area contributed by atoms with Crippen molar-refractivity contribution >= 4 is 40.3 Å². The molecule has 1 aliphatic rings. The molecule has 0 radical (unpaired) electrons. The Morgan fingerprint density at radius 2 is 2.26 bits per heavy atom. The highest BCUT2D eigenvalue weighted by molar-refractivity contribution is 7.09. The Kier molecular flexibility index (Phi) is 3.44. The summed E-state index contributed by atoms with van der Waals surface area (Å²) < 4.78 is 1.91. The molecule has 0 saturated heterocycles. The van der Waals surface area contributed by atoms with Gasteiger partial charge in [-0.05, 0) is 19.3 Å². The van der Waals surface area contributed by atoms with Crippen molar-refractivity contribution in [1.29, 1.82) is 0 Å². The van der Waals surface area contributed by atoms with Crippen molar-refractivity contribution in [1.82, 2.24) is 9.78 Å². The number of nitrogens with one attached hydrogen (secondary N) is 2. The lowest BCUT2D eigenvalue weighted by atomic mass is 9.93. The molecular weight excluding hydrogens is 284 g/mol. The van der Waals surface area contributed by atoms with Crippen LogP contribution in [0, 0.1) is 0 Å². The summed E-state index contributed by atoms with van der Waals surface area (Å²) >= 11 is 7.35. The molecule has 2 aromatic rings. The lowest BCUT2D eigenvalue weighted by Crippen LogP contribution is -2.19. The van der Waals surface area contributed by atoms with E-state index in [0.29, 0.717) is 22.4 Å². The van der Waals surface area contributed by atoms with E-state index in [2.05, 4.69) is 15.7 Å². The molecule has 1 fully saturated rings. The Labute approximate surface area is 119 Å². The predicted molar refractivity (Wildman–Crippen MR) is 77.1 cm³/mol. The van der Waals surface area contributed by atoms with Gasteiger partial charge in [-0.3, -0.25) is 4.68 Å². The van der Waals surface area contributed by atoms with Gasteiger partial charge in [-0.2, -0.15) is 5.10 Å². The Bertz CT molecular complexity index is 590. The molecule has 5 nitrogen and oxygen atoms in total. The molecule has 100 valence electrons. The third-order valence-electron chi connectivity index (χ3n) is 3.17. The zero-order valence-corrected chi connectivity index (χ0v) is 11.7. The van der Waals surface area contributed by atoms with Crippen LogP contribution in [0.15, 0.2) is 23.2 Å². The topological polar surface area (TPSA) is 59.0 Å². The summed E-state index contributed by atoms with van der Waals surface area (Å²) in [5.74, 6) is 0. The van der Waals surface area contributed by atoms with Gasteiger partial charge in [0.25, 0.3) is 0 Å². The van der Waals surface area contributed by atoms with Crippen LogP contribution in [0.4, 0.5) is 16.2 Å². The van der Waals surface area contributed by atoms with E-state index in [4.69, 9.17) is 11.6 Å². The molecule has 19 heavy (non-hydrogen) atoms. The van der Waals surface area contributed by atoms with Crippen molar-refractivity contribution in [2.45, 2.75) is 25.3 Å². The molecular formula is C12H13ClN4OS. The number of hydrogen-bond donors (Lipinski definition) is 2. The molecule has 0 aromatic carbocycles. The smallest absolute Gasteiger partial charge is 0.305 e. The van der Waals surface area contributed by atoms with Crippen LogP contribution in [0.25, 0.3) is 0 Å². The van der Waals surface area contributed by atoms with Gasteiger partial charge in [0.2, 0.25) is 0 Å². The van der Waals surface area contributed by atoms with Crippen molar-refractivity contribution in [3.8, 4) is 0 Å². The van der Waals surface area contributed by atoms with E-state index in [0.717, 1.165) is 12.8 Å². The van der Waals surface area contributed by atoms with Crippen molar-refractivity contribution in [3.63, 3.8) is 0 Å². The number of rotatable bonds is 3. The largest absolute Gasteiger partial charge is 0.323 e. The summed E-state index contributed by atoms with van der Waals surface area (Å²) in [4.78, 5) is 11.8. The average Bonchev–Trinajstić information content (AvgIpc) is 2.88. The highest BCUT2D eigenvalue weighted by Gasteiger charge is 2.20. The number of anilines is 2. The molecule has 7 heteroatoms. The maximum atomic E-state index is 11.8. The number of thiophene rings is 1. The number of halogens is 1. The molecule has 0 bridgehead atoms. The minimum absolute atomic E-state index is 0.312. The van der Waals surface area contributed by atoms with Gasteiger partial charge < -0.3 is 10.6 Å². The summed E-state index contributed by atoms with van der Waals surface area (Å²) in [6, 6.07) is 0.179. The third-order valence-corrected chi connectivity index (χ3v) is 4.36. The van der Waals surface area contributed by atoms with E-state index >= 15 is 0 Å². The first-order valence-corrected chi connectivity index (χ1v) is 7.38. The number of amides is 2. The number of hydrogen-bond acceptors (Lipinski definition) is 3. The molecule has 0 spiro atoms. The van der Waals surface area contributed by atoms with Gasteiger partial charge in [-0.25, -0.2) is 4.79 Å². The summed E-state index contributed by atoms with van der Waals surface area (Å²) in [6.45, 7) is 0. The van der Waals surface area contributed by atoms with Crippen LogP contribution in [0.2, 0.25) is 5.02 Å². The molecule has 2 aromatic heterocycles. The second kappa shape index (κ2) is 5.22. The SMILES string of the molecule is O=C(Nc1cnn(C2CCC2)c1)Nc1cscc1Cl. The summed E-state index contributed by atoms with van der Waals surface area (Å²) in [5, 5.41) is 13.8. The molecule has 3 rings (SSSR count). The van der Waals surface area contributed by atoms with Crippen molar-refractivity contribution in [2.75, 3.05) is 10.6 Å². The second-order valence-corrected chi connectivity index (χ2v) is 5.66. The minimum atomic E-state index is -0.312. The summed E-state index contributed by atoms with van der Waals surface area (Å²) in [5.41, 5.74) is 1.31. The molecule has 2 N–H and O–H groups in total. The average molecular weight is 297 g/mol. The number of urea groups is 1. The van der Waals surface area contributed by atoms with Gasteiger partial charge in [0.1, 0.15) is 0 Å². The fraction of sp³-hybridized carbons (Fsp3) is 0.333. The van der Waals surface area contributed by atoms with E-state index in [-0.39, 0.29) is 6.03 Å². The van der Waals surface area contributed by atoms with Gasteiger partial charge in [0.15, 0.2) is 0 Å². The lowest BCUT2D eigenvalue weighted by molar-refractivity contribution is 0.262. The van der Waals surface area contributed by atoms with Crippen molar-refractivity contribution in [2.24, 2.45) is 0 Å². The lowest BCUT2D eigenvalue weighted by Gasteiger charge is -2.25. The first-order chi connectivity index (χ1) is 9.22. The van der Waals surface area contributed by atoms with E-state index in [1.807, 2.05) is 10.9 Å². The van der Waals surface area contributed by atoms with E-state index in [9.17, 15) is 4.79 Å². The van der Waals surface area contributed by atoms with E-state index in [1.54, 1.807) is 17.0 Å². The fourth-order valence-corrected chi connectivity index (χ4v) is 2.87. The standard InChI is InChI=1S/C12H13ClN4OS/c13-10-6-19-7-11(10)16-12(18)15-8-4-14-17(5-8)9-2-1-3-9/h4-7,9H,1-3H2,(H2,15,16,18). The van der Waals surface area contributed by atoms with Gasteiger partial charge in [-0.15, -0.1) is 11.3 Å². The fourth-order valence-electron chi connectivity index (χ4n) is 1.91. The molecule has 0 unspecified atom stereocenters. The van der Waals surface area contributed by atoms with Crippen LogP contribution in [0.1, 0.15) is 25.3 Å². The molecule has 2 amide bonds. The minimum Gasteiger partial charge on any atom is -0.305 e. The monoisotopic (exact) mass is 296 g/mol. The first kappa shape index (κ1) is 12.5. The number of carbonyl (C=O) groups excluding carboxylic acids is 1. The second-order valence-electron chi connectivity index (χ2n) is 4.51. The van der Waals surface area contributed by atoms with Crippen LogP contribution in [0.3, 0.4) is 0 Å². The Morgan fingerprint density at radius 3 is 2.89 bits per heavy atom. The molecule has 2 heterocycles. The maximum Gasteiger partial charge on any atom is 0.323 e. The van der Waals surface area contributed by atoms with Crippen molar-refractivity contribution < 1.29 is 4.79 Å². The summed E-state index contributed by atoms with van der Waals surface area (Å²) in [6.07, 6.45) is 7.10. The van der Waals surface area contributed by atoms with E-state index in [1.165, 1.54) is 17.8 Å². The molecule has 1 saturated carbocycles. The van der Waals surface area contributed by atoms with Crippen LogP contribution in [-0.2, 0) is 0 Å². The quantitative estimate of drug-likeness (QED) is 0.900. The first-order valence-electron chi connectivity index (χ1n) is 6.06. The highest BCUT2D eigenvalue weighted by Crippen LogP contribution is 2.31. The predicted octanol–water partition coefficient (Wildman–Crippen LogP) is 3.97. The Hall–Kier alpha value is -1.53. The molecule has 0 aliphatic heterocycles. The van der Waals surface area contributed by atoms with Crippen LogP contribution >= 0.6 is 22.9 Å². The van der Waals surface area contributed by atoms with Gasteiger partial charge >= 0.3 is 6.03 Å². The highest BCUT2D eigenvalue weighted by atomic mass is 35.5. The van der Waals surface area contributed by atoms with Gasteiger partial charge in [-0.1, -0.05) is 11.6 Å². The zero-order chi connectivity index (χ0) is 13.2. The van der Waals surface area contributed by atoms with Crippen molar-refractivity contribution in [3.05, 3.63) is 28.2 Å². The zero-order valence-electron chi connectivity index (χ0n) is 10.1. The number of carbonyl (C=O) groups is 1. The molecule has 0 atom stereocenters. The molecule has 1 aliphatic carbocycles. The Balaban J connectivity index is 1.60. The van der Waals surface area contributed by atoms with Crippen LogP contribution < -0.4 is 10.6 Å². The van der Waals surface area contributed by atoms with Gasteiger partial charge in [0, 0.05) is 17.0 Å². The van der Waals surface area contributed by atoms with E-state index < -0.39 is 0 Å². The number of aromatic nitrogens is 2. The van der Waals surface area contributed by atoms with Crippen LogP contribution in [-0.4, -0.2) is 15.8 Å². The van der Waals surface area contributed by atoms with Crippen LogP contribution in [0.5, 0.6) is 0 Å². The summed E-state index contributed by atoms with van der Waals surface area (Å²) in [7, 11) is 0. The third kappa shape index (κ3) is 2.74. The normalized spacial score (nSPS) is 15.0. The Morgan fingerprint density at radius 1 is 1.42 bits per heavy atom. The van der Waals surface area contributed by atoms with Gasteiger partial charge in [0.05, 0.1) is 28.6 Å².